The van der Waals surface area contributed by atoms with Crippen LogP contribution in [0.4, 0.5) is 0 Å². The molecule has 0 aliphatic carbocycles. The Hall–Kier alpha value is 1.82. The van der Waals surface area contributed by atoms with Gasteiger partial charge in [0, 0.05) is 11.5 Å². The predicted octanol–water partition coefficient (Wildman–Crippen LogP) is -2.06. The molecule has 152 valence electrons. The first-order valence-corrected chi connectivity index (χ1v) is 12.7. The van der Waals surface area contributed by atoms with Crippen molar-refractivity contribution in [2.45, 2.75) is 96.3 Å². The van der Waals surface area contributed by atoms with Gasteiger partial charge in [-0.15, -0.1) is 0 Å². The maximum atomic E-state index is 10.4. The maximum absolute atomic E-state index is 10.4. The molecule has 0 amide bonds. The summed E-state index contributed by atoms with van der Waals surface area (Å²) in [5.41, 5.74) is 0. The average molecular weight is 445 g/mol. The number of unbranched alkanes of at least 4 members (excludes halogenated alkanes) is 14. The molecule has 0 aliphatic heterocycles. The van der Waals surface area contributed by atoms with E-state index in [2.05, 4.69) is 0 Å². The van der Waals surface area contributed by atoms with Gasteiger partial charge in [-0.25, -0.2) is 16.8 Å². The van der Waals surface area contributed by atoms with E-state index in [1.165, 1.54) is 44.9 Å². The van der Waals surface area contributed by atoms with Crippen LogP contribution in [0.15, 0.2) is 0 Å². The van der Waals surface area contributed by atoms with Crippen molar-refractivity contribution in [2.24, 2.45) is 0 Å². The van der Waals surface area contributed by atoms with Crippen LogP contribution in [-0.2, 0) is 20.2 Å². The van der Waals surface area contributed by atoms with Crippen molar-refractivity contribution < 1.29 is 85.1 Å². The topological polar surface area (TPSA) is 114 Å². The molecule has 0 bridgehead atoms. The molecule has 0 aromatic rings. The first-order valence-electron chi connectivity index (χ1n) is 9.58. The van der Waals surface area contributed by atoms with Crippen LogP contribution in [0, 0.1) is 0 Å². The third-order valence-corrected chi connectivity index (χ3v) is 5.87. The Morgan fingerprint density at radius 3 is 0.667 bits per heavy atom. The van der Waals surface area contributed by atoms with Crippen LogP contribution >= 0.6 is 0 Å². The molecule has 0 fully saturated rings. The summed E-state index contributed by atoms with van der Waals surface area (Å²) in [6.07, 6.45) is 15.3. The van der Waals surface area contributed by atoms with Crippen molar-refractivity contribution >= 4 is 20.2 Å². The van der Waals surface area contributed by atoms with Crippen molar-refractivity contribution in [2.75, 3.05) is 11.5 Å². The van der Waals surface area contributed by atoms with Crippen LogP contribution < -0.4 is 59.1 Å². The van der Waals surface area contributed by atoms with E-state index in [1.807, 2.05) is 0 Å². The van der Waals surface area contributed by atoms with Crippen LogP contribution in [0.5, 0.6) is 0 Å². The molecule has 0 spiro atoms. The zero-order valence-electron chi connectivity index (χ0n) is 17.3. The van der Waals surface area contributed by atoms with Crippen LogP contribution in [-0.4, -0.2) is 37.4 Å². The molecule has 0 atom stereocenters. The molecule has 0 aromatic carbocycles. The molecule has 0 aromatic heterocycles. The number of hydrogen-bond acceptors (Lipinski definition) is 6. The molecule has 0 unspecified atom stereocenters. The van der Waals surface area contributed by atoms with Crippen LogP contribution in [0.3, 0.4) is 0 Å². The minimum atomic E-state index is -4.04. The van der Waals surface area contributed by atoms with E-state index in [0.717, 1.165) is 38.5 Å². The summed E-state index contributed by atoms with van der Waals surface area (Å²) < 4.78 is 62.6. The fourth-order valence-electron chi connectivity index (χ4n) is 2.86. The zero-order chi connectivity index (χ0) is 19.0. The summed E-state index contributed by atoms with van der Waals surface area (Å²) >= 11 is 0. The Labute approximate surface area is 211 Å². The van der Waals surface area contributed by atoms with Crippen molar-refractivity contribution in [1.82, 2.24) is 0 Å². The second-order valence-corrected chi connectivity index (χ2v) is 9.87. The molecule has 0 rings (SSSR count). The summed E-state index contributed by atoms with van der Waals surface area (Å²) in [5.74, 6) is -0.463. The van der Waals surface area contributed by atoms with Gasteiger partial charge in [0.05, 0.1) is 20.2 Å². The van der Waals surface area contributed by atoms with E-state index in [9.17, 15) is 25.9 Å². The normalized spacial score (nSPS) is 11.6. The summed E-state index contributed by atoms with van der Waals surface area (Å²) in [6.45, 7) is 0. The Morgan fingerprint density at radius 2 is 0.519 bits per heavy atom. The molecule has 0 N–H and O–H groups in total. The first kappa shape index (κ1) is 33.5. The standard InChI is InChI=1S/C17H36O6S2.2Na/c18-24(19,20)16-14-12-10-8-6-4-2-1-3-5-7-9-11-13-15-17-25(21,22)23;;/h1-17H2,(H,18,19,20)(H,21,22,23);;/q;2*+1/p-2. The molecule has 0 saturated carbocycles. The first-order chi connectivity index (χ1) is 11.7. The molecule has 0 heterocycles. The van der Waals surface area contributed by atoms with Crippen molar-refractivity contribution in [3.05, 3.63) is 0 Å². The summed E-state index contributed by atoms with van der Waals surface area (Å²) in [7, 11) is -8.07. The molecular weight excluding hydrogens is 410 g/mol. The van der Waals surface area contributed by atoms with Crippen molar-refractivity contribution in [3.8, 4) is 0 Å². The van der Waals surface area contributed by atoms with Crippen molar-refractivity contribution in [3.63, 3.8) is 0 Å². The molecule has 0 aliphatic rings. The van der Waals surface area contributed by atoms with Gasteiger partial charge in [-0.05, 0) is 12.8 Å². The molecule has 0 radical (unpaired) electrons. The molecule has 27 heavy (non-hydrogen) atoms. The summed E-state index contributed by atoms with van der Waals surface area (Å²) in [5, 5.41) is 0. The van der Waals surface area contributed by atoms with Gasteiger partial charge in [0.25, 0.3) is 0 Å². The largest absolute Gasteiger partial charge is 1.00 e. The molecule has 6 nitrogen and oxygen atoms in total. The Morgan fingerprint density at radius 1 is 0.370 bits per heavy atom. The van der Waals surface area contributed by atoms with Gasteiger partial charge < -0.3 is 9.11 Å². The van der Waals surface area contributed by atoms with Gasteiger partial charge in [-0.1, -0.05) is 83.5 Å². The predicted molar refractivity (Wildman–Crippen MR) is 98.4 cm³/mol. The zero-order valence-corrected chi connectivity index (χ0v) is 22.9. The van der Waals surface area contributed by atoms with E-state index >= 15 is 0 Å². The minimum absolute atomic E-state index is 0. The van der Waals surface area contributed by atoms with Gasteiger partial charge in [0.2, 0.25) is 0 Å². The molecule has 0 saturated heterocycles. The third-order valence-electron chi connectivity index (χ3n) is 4.29. The second-order valence-electron chi connectivity index (χ2n) is 6.83. The second kappa shape index (κ2) is 21.1. The fraction of sp³-hybridized carbons (Fsp3) is 1.00. The minimum Gasteiger partial charge on any atom is -0.748 e. The molecule has 10 heteroatoms. The van der Waals surface area contributed by atoms with E-state index in [1.54, 1.807) is 0 Å². The van der Waals surface area contributed by atoms with E-state index in [4.69, 9.17) is 0 Å². The Kier molecular flexibility index (Phi) is 26.1. The van der Waals surface area contributed by atoms with Gasteiger partial charge in [0.15, 0.2) is 0 Å². The quantitative estimate of drug-likeness (QED) is 0.136. The third kappa shape index (κ3) is 32.7. The summed E-state index contributed by atoms with van der Waals surface area (Å²) in [6, 6.07) is 0. The van der Waals surface area contributed by atoms with Crippen LogP contribution in [0.25, 0.3) is 0 Å². The monoisotopic (exact) mass is 444 g/mol. The smallest absolute Gasteiger partial charge is 0.748 e. The van der Waals surface area contributed by atoms with E-state index < -0.39 is 20.2 Å². The SMILES string of the molecule is O=S(=O)([O-])CCCCCCCCCCCCCCCCCS(=O)(=O)[O-].[Na+].[Na+]. The van der Waals surface area contributed by atoms with Gasteiger partial charge in [-0.2, -0.15) is 0 Å². The summed E-state index contributed by atoms with van der Waals surface area (Å²) in [4.78, 5) is 0. The van der Waals surface area contributed by atoms with Gasteiger partial charge in [-0.3, -0.25) is 0 Å². The Balaban J connectivity index is -0.00000288. The van der Waals surface area contributed by atoms with Crippen molar-refractivity contribution in [1.29, 1.82) is 0 Å². The fourth-order valence-corrected chi connectivity index (χ4v) is 3.97. The Bertz CT molecular complexity index is 464. The maximum Gasteiger partial charge on any atom is 1.00 e. The number of hydrogen-bond donors (Lipinski definition) is 0. The molecular formula is C17H34Na2O6S2. The van der Waals surface area contributed by atoms with Crippen LogP contribution in [0.1, 0.15) is 96.3 Å². The van der Waals surface area contributed by atoms with E-state index in [0.29, 0.717) is 12.8 Å². The van der Waals surface area contributed by atoms with Gasteiger partial charge in [0.1, 0.15) is 0 Å². The van der Waals surface area contributed by atoms with Crippen LogP contribution in [0.2, 0.25) is 0 Å². The average Bonchev–Trinajstić information content (AvgIpc) is 2.48. The number of rotatable bonds is 18. The van der Waals surface area contributed by atoms with Gasteiger partial charge >= 0.3 is 59.1 Å². The van der Waals surface area contributed by atoms with E-state index in [-0.39, 0.29) is 70.6 Å².